The first-order valence-electron chi connectivity index (χ1n) is 6.10. The summed E-state index contributed by atoms with van der Waals surface area (Å²) in [7, 11) is 1.57. The van der Waals surface area contributed by atoms with Crippen molar-refractivity contribution in [3.05, 3.63) is 18.2 Å². The third-order valence-electron chi connectivity index (χ3n) is 2.41. The monoisotopic (exact) mass is 254 g/mol. The number of benzene rings is 1. The Kier molecular flexibility index (Phi) is 6.32. The van der Waals surface area contributed by atoms with Gasteiger partial charge in [0.25, 0.3) is 0 Å². The lowest BCUT2D eigenvalue weighted by Gasteiger charge is -2.12. The number of nitrogens with one attached hydrogen (secondary N) is 1. The van der Waals surface area contributed by atoms with E-state index < -0.39 is 6.10 Å². The summed E-state index contributed by atoms with van der Waals surface area (Å²) >= 11 is 0. The number of hydrogen-bond acceptors (Lipinski definition) is 5. The molecule has 0 amide bonds. The lowest BCUT2D eigenvalue weighted by Crippen LogP contribution is -2.18. The molecule has 0 saturated heterocycles. The molecule has 0 aliphatic heterocycles. The molecule has 4 N–H and O–H groups in total. The Morgan fingerprint density at radius 1 is 1.39 bits per heavy atom. The van der Waals surface area contributed by atoms with Gasteiger partial charge >= 0.3 is 0 Å². The van der Waals surface area contributed by atoms with E-state index in [2.05, 4.69) is 5.32 Å². The molecule has 0 aliphatic carbocycles. The van der Waals surface area contributed by atoms with Crippen molar-refractivity contribution in [3.8, 4) is 5.75 Å². The SMILES string of the molecule is CCOc1cc(N)cc(NCCC(O)COC)c1. The van der Waals surface area contributed by atoms with Crippen molar-refractivity contribution in [1.29, 1.82) is 0 Å². The maximum Gasteiger partial charge on any atom is 0.123 e. The fraction of sp³-hybridized carbons (Fsp3) is 0.538. The molecule has 1 atom stereocenters. The summed E-state index contributed by atoms with van der Waals surface area (Å²) in [5.74, 6) is 0.748. The van der Waals surface area contributed by atoms with Crippen LogP contribution in [0, 0.1) is 0 Å². The lowest BCUT2D eigenvalue weighted by molar-refractivity contribution is 0.0615. The second kappa shape index (κ2) is 7.79. The van der Waals surface area contributed by atoms with Crippen LogP contribution in [0.25, 0.3) is 0 Å². The Morgan fingerprint density at radius 2 is 2.17 bits per heavy atom. The molecule has 1 rings (SSSR count). The molecule has 0 radical (unpaired) electrons. The van der Waals surface area contributed by atoms with Crippen LogP contribution in [0.4, 0.5) is 11.4 Å². The Bertz CT molecular complexity index is 358. The lowest BCUT2D eigenvalue weighted by atomic mass is 10.2. The molecule has 1 unspecified atom stereocenters. The van der Waals surface area contributed by atoms with Gasteiger partial charge in [-0.1, -0.05) is 0 Å². The highest BCUT2D eigenvalue weighted by atomic mass is 16.5. The van der Waals surface area contributed by atoms with Crippen LogP contribution in [0.15, 0.2) is 18.2 Å². The molecule has 1 aromatic rings. The van der Waals surface area contributed by atoms with Crippen molar-refractivity contribution in [2.45, 2.75) is 19.4 Å². The molecule has 0 saturated carbocycles. The molecular weight excluding hydrogens is 232 g/mol. The van der Waals surface area contributed by atoms with Crippen LogP contribution in [-0.2, 0) is 4.74 Å². The van der Waals surface area contributed by atoms with Crippen LogP contribution in [0.1, 0.15) is 13.3 Å². The highest BCUT2D eigenvalue weighted by molar-refractivity contribution is 5.59. The van der Waals surface area contributed by atoms with E-state index in [-0.39, 0.29) is 0 Å². The molecule has 0 bridgehead atoms. The van der Waals surface area contributed by atoms with Crippen LogP contribution in [0.5, 0.6) is 5.75 Å². The maximum absolute atomic E-state index is 9.51. The van der Waals surface area contributed by atoms with Crippen molar-refractivity contribution in [2.24, 2.45) is 0 Å². The molecule has 0 fully saturated rings. The maximum atomic E-state index is 9.51. The van der Waals surface area contributed by atoms with Crippen molar-refractivity contribution >= 4 is 11.4 Å². The Balaban J connectivity index is 2.46. The average molecular weight is 254 g/mol. The minimum absolute atomic E-state index is 0.350. The first-order chi connectivity index (χ1) is 8.65. The molecule has 0 heterocycles. The normalized spacial score (nSPS) is 12.2. The number of ether oxygens (including phenoxy) is 2. The summed E-state index contributed by atoms with van der Waals surface area (Å²) in [5.41, 5.74) is 7.32. The second-order valence-electron chi connectivity index (χ2n) is 4.05. The van der Waals surface area contributed by atoms with Gasteiger partial charge in [-0.25, -0.2) is 0 Å². The fourth-order valence-electron chi connectivity index (χ4n) is 1.63. The second-order valence-corrected chi connectivity index (χ2v) is 4.05. The van der Waals surface area contributed by atoms with Crippen LogP contribution >= 0.6 is 0 Å². The zero-order valence-corrected chi connectivity index (χ0v) is 11.0. The molecule has 0 spiro atoms. The van der Waals surface area contributed by atoms with Gasteiger partial charge in [0, 0.05) is 37.2 Å². The highest BCUT2D eigenvalue weighted by Gasteiger charge is 2.04. The van der Waals surface area contributed by atoms with Crippen molar-refractivity contribution in [1.82, 2.24) is 0 Å². The Labute approximate surface area is 108 Å². The first-order valence-corrected chi connectivity index (χ1v) is 6.10. The minimum atomic E-state index is -0.449. The van der Waals surface area contributed by atoms with Crippen LogP contribution < -0.4 is 15.8 Å². The molecule has 102 valence electrons. The third kappa shape index (κ3) is 5.25. The van der Waals surface area contributed by atoms with Crippen molar-refractivity contribution in [2.75, 3.05) is 37.9 Å². The number of nitrogen functional groups attached to an aromatic ring is 1. The number of anilines is 2. The molecule has 1 aromatic carbocycles. The highest BCUT2D eigenvalue weighted by Crippen LogP contribution is 2.22. The van der Waals surface area contributed by atoms with Crippen LogP contribution in [-0.4, -0.2) is 38.1 Å². The molecule has 5 heteroatoms. The number of aliphatic hydroxyl groups excluding tert-OH is 1. The summed E-state index contributed by atoms with van der Waals surface area (Å²) in [6.07, 6.45) is 0.169. The van der Waals surface area contributed by atoms with Crippen LogP contribution in [0.2, 0.25) is 0 Å². The van der Waals surface area contributed by atoms with Crippen molar-refractivity contribution in [3.63, 3.8) is 0 Å². The number of methoxy groups -OCH3 is 1. The standard InChI is InChI=1S/C13H22N2O3/c1-3-18-13-7-10(14)6-11(8-13)15-5-4-12(16)9-17-2/h6-8,12,15-16H,3-5,9,14H2,1-2H3. The van der Waals surface area contributed by atoms with Gasteiger partial charge < -0.3 is 25.6 Å². The van der Waals surface area contributed by atoms with E-state index >= 15 is 0 Å². The third-order valence-corrected chi connectivity index (χ3v) is 2.41. The van der Waals surface area contributed by atoms with Gasteiger partial charge in [0.1, 0.15) is 5.75 Å². The van der Waals surface area contributed by atoms with Gasteiger partial charge in [-0.05, 0) is 19.4 Å². The molecule has 0 aromatic heterocycles. The molecule has 5 nitrogen and oxygen atoms in total. The summed E-state index contributed by atoms with van der Waals surface area (Å²) < 4.78 is 10.3. The fourth-order valence-corrected chi connectivity index (χ4v) is 1.63. The topological polar surface area (TPSA) is 76.7 Å². The van der Waals surface area contributed by atoms with Gasteiger partial charge in [0.05, 0.1) is 19.3 Å². The van der Waals surface area contributed by atoms with Gasteiger partial charge in [0.15, 0.2) is 0 Å². The number of aliphatic hydroxyl groups is 1. The van der Waals surface area contributed by atoms with E-state index in [9.17, 15) is 5.11 Å². The predicted molar refractivity (Wildman–Crippen MR) is 73.0 cm³/mol. The van der Waals surface area contributed by atoms with E-state index in [0.29, 0.717) is 31.9 Å². The predicted octanol–water partition coefficient (Wildman–Crippen LogP) is 1.48. The average Bonchev–Trinajstić information content (AvgIpc) is 2.29. The first kappa shape index (κ1) is 14.6. The summed E-state index contributed by atoms with van der Waals surface area (Å²) in [4.78, 5) is 0. The molecular formula is C13H22N2O3. The van der Waals surface area contributed by atoms with Gasteiger partial charge in [0.2, 0.25) is 0 Å². The van der Waals surface area contributed by atoms with E-state index in [1.807, 2.05) is 19.1 Å². The zero-order chi connectivity index (χ0) is 13.4. The summed E-state index contributed by atoms with van der Waals surface area (Å²) in [6, 6.07) is 5.52. The van der Waals surface area contributed by atoms with Gasteiger partial charge in [-0.15, -0.1) is 0 Å². The van der Waals surface area contributed by atoms with Crippen molar-refractivity contribution < 1.29 is 14.6 Å². The number of nitrogens with two attached hydrogens (primary N) is 1. The Morgan fingerprint density at radius 3 is 2.83 bits per heavy atom. The quantitative estimate of drug-likeness (QED) is 0.612. The van der Waals surface area contributed by atoms with E-state index in [4.69, 9.17) is 15.2 Å². The summed E-state index contributed by atoms with van der Waals surface area (Å²) in [6.45, 7) is 3.54. The largest absolute Gasteiger partial charge is 0.494 e. The van der Waals surface area contributed by atoms with E-state index in [1.165, 1.54) is 0 Å². The van der Waals surface area contributed by atoms with Gasteiger partial charge in [-0.2, -0.15) is 0 Å². The van der Waals surface area contributed by atoms with Crippen LogP contribution in [0.3, 0.4) is 0 Å². The molecule has 18 heavy (non-hydrogen) atoms. The van der Waals surface area contributed by atoms with E-state index in [0.717, 1.165) is 11.4 Å². The number of hydrogen-bond donors (Lipinski definition) is 3. The van der Waals surface area contributed by atoms with Gasteiger partial charge in [-0.3, -0.25) is 0 Å². The minimum Gasteiger partial charge on any atom is -0.494 e. The smallest absolute Gasteiger partial charge is 0.123 e. The zero-order valence-electron chi connectivity index (χ0n) is 11.0. The summed E-state index contributed by atoms with van der Waals surface area (Å²) in [5, 5.41) is 12.7. The molecule has 0 aliphatic rings. The number of rotatable bonds is 8. The van der Waals surface area contributed by atoms with E-state index in [1.54, 1.807) is 13.2 Å². The Hall–Kier alpha value is -1.46.